The fraction of sp³-hybridized carbons (Fsp3) is 0.333. The number of nitrogens with one attached hydrogen (secondary N) is 2. The number of oxazole rings is 1. The predicted octanol–water partition coefficient (Wildman–Crippen LogP) is 1.91. The molecule has 0 aliphatic heterocycles. The molecule has 0 saturated heterocycles. The number of amides is 2. The molecule has 112 valence electrons. The van der Waals surface area contributed by atoms with Gasteiger partial charge in [0.05, 0.1) is 12.7 Å². The largest absolute Gasteiger partial charge is 0.439 e. The van der Waals surface area contributed by atoms with E-state index in [4.69, 9.17) is 9.52 Å². The molecular formula is C15H19N3O3. The van der Waals surface area contributed by atoms with E-state index in [-0.39, 0.29) is 25.2 Å². The van der Waals surface area contributed by atoms with Crippen LogP contribution in [-0.4, -0.2) is 28.8 Å². The second kappa shape index (κ2) is 7.44. The summed E-state index contributed by atoms with van der Waals surface area (Å²) in [5.74, 6) is 1.11. The third-order valence-electron chi connectivity index (χ3n) is 2.95. The van der Waals surface area contributed by atoms with Gasteiger partial charge in [0.1, 0.15) is 0 Å². The van der Waals surface area contributed by atoms with E-state index < -0.39 is 0 Å². The molecule has 0 spiro atoms. The molecule has 0 saturated carbocycles. The summed E-state index contributed by atoms with van der Waals surface area (Å²) in [7, 11) is 0. The summed E-state index contributed by atoms with van der Waals surface area (Å²) in [5.41, 5.74) is 0.942. The second-order valence-electron chi connectivity index (χ2n) is 4.72. The van der Waals surface area contributed by atoms with E-state index >= 15 is 0 Å². The van der Waals surface area contributed by atoms with Crippen molar-refractivity contribution in [3.63, 3.8) is 0 Å². The van der Waals surface area contributed by atoms with Crippen molar-refractivity contribution in [3.8, 4) is 11.3 Å². The van der Waals surface area contributed by atoms with Gasteiger partial charge < -0.3 is 20.2 Å². The first-order valence-electron chi connectivity index (χ1n) is 6.84. The maximum atomic E-state index is 11.6. The van der Waals surface area contributed by atoms with Gasteiger partial charge in [-0.2, -0.15) is 0 Å². The molecule has 1 aromatic carbocycles. The number of aromatic nitrogens is 1. The van der Waals surface area contributed by atoms with Crippen molar-refractivity contribution in [2.75, 3.05) is 6.61 Å². The van der Waals surface area contributed by atoms with Crippen molar-refractivity contribution in [3.05, 3.63) is 42.4 Å². The van der Waals surface area contributed by atoms with Gasteiger partial charge in [0.2, 0.25) is 5.89 Å². The molecule has 1 heterocycles. The lowest BCUT2D eigenvalue weighted by Crippen LogP contribution is -2.40. The lowest BCUT2D eigenvalue weighted by Gasteiger charge is -2.12. The van der Waals surface area contributed by atoms with Crippen LogP contribution < -0.4 is 10.6 Å². The quantitative estimate of drug-likeness (QED) is 0.758. The number of benzene rings is 1. The van der Waals surface area contributed by atoms with Gasteiger partial charge in [-0.05, 0) is 13.3 Å². The number of aliphatic hydroxyl groups is 1. The number of hydrogen-bond donors (Lipinski definition) is 3. The normalized spacial score (nSPS) is 11.9. The first-order chi connectivity index (χ1) is 10.2. The second-order valence-corrected chi connectivity index (χ2v) is 4.72. The Hall–Kier alpha value is -2.34. The minimum Gasteiger partial charge on any atom is -0.439 e. The predicted molar refractivity (Wildman–Crippen MR) is 78.5 cm³/mol. The van der Waals surface area contributed by atoms with E-state index in [9.17, 15) is 4.79 Å². The molecule has 3 N–H and O–H groups in total. The molecule has 2 aromatic rings. The Morgan fingerprint density at radius 1 is 1.38 bits per heavy atom. The van der Waals surface area contributed by atoms with Crippen LogP contribution in [0.1, 0.15) is 19.2 Å². The zero-order valence-electron chi connectivity index (χ0n) is 11.9. The van der Waals surface area contributed by atoms with Gasteiger partial charge in [-0.25, -0.2) is 9.78 Å². The lowest BCUT2D eigenvalue weighted by molar-refractivity contribution is 0.229. The van der Waals surface area contributed by atoms with Crippen molar-refractivity contribution >= 4 is 6.03 Å². The van der Waals surface area contributed by atoms with Crippen LogP contribution >= 0.6 is 0 Å². The highest BCUT2D eigenvalue weighted by molar-refractivity contribution is 5.74. The third kappa shape index (κ3) is 4.61. The average Bonchev–Trinajstić information content (AvgIpc) is 2.95. The lowest BCUT2D eigenvalue weighted by atomic mass is 10.2. The minimum atomic E-state index is -0.310. The number of urea groups is 1. The highest BCUT2D eigenvalue weighted by atomic mass is 16.4. The van der Waals surface area contributed by atoms with Crippen LogP contribution in [-0.2, 0) is 6.54 Å². The summed E-state index contributed by atoms with van der Waals surface area (Å²) >= 11 is 0. The topological polar surface area (TPSA) is 87.4 Å². The molecule has 21 heavy (non-hydrogen) atoms. The van der Waals surface area contributed by atoms with Crippen molar-refractivity contribution in [2.24, 2.45) is 0 Å². The van der Waals surface area contributed by atoms with E-state index in [2.05, 4.69) is 15.6 Å². The van der Waals surface area contributed by atoms with Crippen molar-refractivity contribution in [2.45, 2.75) is 25.9 Å². The van der Waals surface area contributed by atoms with Crippen LogP contribution in [0.3, 0.4) is 0 Å². The number of nitrogens with zero attached hydrogens (tertiary/aromatic N) is 1. The average molecular weight is 289 g/mol. The summed E-state index contributed by atoms with van der Waals surface area (Å²) in [6.45, 7) is 2.08. The molecule has 1 atom stereocenters. The van der Waals surface area contributed by atoms with Gasteiger partial charge in [0, 0.05) is 18.2 Å². The van der Waals surface area contributed by atoms with E-state index in [1.54, 1.807) is 6.20 Å². The van der Waals surface area contributed by atoms with Crippen LogP contribution in [0, 0.1) is 0 Å². The molecule has 2 amide bonds. The first-order valence-corrected chi connectivity index (χ1v) is 6.84. The van der Waals surface area contributed by atoms with Gasteiger partial charge in [-0.1, -0.05) is 30.3 Å². The molecule has 6 nitrogen and oxygen atoms in total. The molecule has 1 aromatic heterocycles. The molecular weight excluding hydrogens is 270 g/mol. The van der Waals surface area contributed by atoms with Crippen molar-refractivity contribution < 1.29 is 14.3 Å². The Morgan fingerprint density at radius 2 is 2.14 bits per heavy atom. The molecule has 6 heteroatoms. The number of aliphatic hydroxyl groups excluding tert-OH is 1. The molecule has 0 fully saturated rings. The van der Waals surface area contributed by atoms with Crippen molar-refractivity contribution in [1.29, 1.82) is 0 Å². The molecule has 0 aliphatic carbocycles. The zero-order chi connectivity index (χ0) is 15.1. The summed E-state index contributed by atoms with van der Waals surface area (Å²) in [4.78, 5) is 15.7. The molecule has 0 bridgehead atoms. The monoisotopic (exact) mass is 289 g/mol. The standard InChI is InChI=1S/C15H19N3O3/c1-11(7-8-19)18-15(20)17-10-14-16-9-13(21-14)12-5-3-2-4-6-12/h2-6,9,11,19H,7-8,10H2,1H3,(H2,17,18,20)/t11-/m1/s1. The molecule has 0 unspecified atom stereocenters. The van der Waals surface area contributed by atoms with Gasteiger partial charge in [0.15, 0.2) is 5.76 Å². The molecule has 0 aliphatic rings. The minimum absolute atomic E-state index is 0.0433. The Bertz CT molecular complexity index is 569. The third-order valence-corrected chi connectivity index (χ3v) is 2.95. The van der Waals surface area contributed by atoms with Crippen LogP contribution in [0.15, 0.2) is 40.9 Å². The van der Waals surface area contributed by atoms with Crippen LogP contribution in [0.25, 0.3) is 11.3 Å². The van der Waals surface area contributed by atoms with E-state index in [0.717, 1.165) is 5.56 Å². The Kier molecular flexibility index (Phi) is 5.34. The summed E-state index contributed by atoms with van der Waals surface area (Å²) in [6.07, 6.45) is 2.16. The first kappa shape index (κ1) is 15.1. The summed E-state index contributed by atoms with van der Waals surface area (Å²) in [6, 6.07) is 9.24. The number of carbonyl (C=O) groups excluding carboxylic acids is 1. The van der Waals surface area contributed by atoms with Crippen LogP contribution in [0.2, 0.25) is 0 Å². The van der Waals surface area contributed by atoms with E-state index in [0.29, 0.717) is 18.1 Å². The fourth-order valence-electron chi connectivity index (χ4n) is 1.82. The number of carbonyl (C=O) groups is 1. The van der Waals surface area contributed by atoms with Crippen LogP contribution in [0.5, 0.6) is 0 Å². The summed E-state index contributed by atoms with van der Waals surface area (Å²) < 4.78 is 5.58. The highest BCUT2D eigenvalue weighted by Gasteiger charge is 2.09. The zero-order valence-corrected chi connectivity index (χ0v) is 11.9. The van der Waals surface area contributed by atoms with E-state index in [1.165, 1.54) is 0 Å². The Labute approximate surface area is 123 Å². The van der Waals surface area contributed by atoms with Crippen molar-refractivity contribution in [1.82, 2.24) is 15.6 Å². The maximum absolute atomic E-state index is 11.6. The van der Waals surface area contributed by atoms with Gasteiger partial charge in [0.25, 0.3) is 0 Å². The molecule has 0 radical (unpaired) electrons. The molecule has 2 rings (SSSR count). The SMILES string of the molecule is C[C@H](CCO)NC(=O)NCc1ncc(-c2ccccc2)o1. The summed E-state index contributed by atoms with van der Waals surface area (Å²) in [5, 5.41) is 14.1. The fourth-order valence-corrected chi connectivity index (χ4v) is 1.82. The van der Waals surface area contributed by atoms with Gasteiger partial charge >= 0.3 is 6.03 Å². The highest BCUT2D eigenvalue weighted by Crippen LogP contribution is 2.19. The Morgan fingerprint density at radius 3 is 2.86 bits per heavy atom. The number of hydrogen-bond acceptors (Lipinski definition) is 4. The van der Waals surface area contributed by atoms with Gasteiger partial charge in [-0.3, -0.25) is 0 Å². The smallest absolute Gasteiger partial charge is 0.315 e. The maximum Gasteiger partial charge on any atom is 0.315 e. The van der Waals surface area contributed by atoms with E-state index in [1.807, 2.05) is 37.3 Å². The van der Waals surface area contributed by atoms with Gasteiger partial charge in [-0.15, -0.1) is 0 Å². The Balaban J connectivity index is 1.84. The number of rotatable bonds is 6. The van der Waals surface area contributed by atoms with Crippen LogP contribution in [0.4, 0.5) is 4.79 Å².